The second-order valence-electron chi connectivity index (χ2n) is 3.92. The van der Waals surface area contributed by atoms with Gasteiger partial charge >= 0.3 is 0 Å². The van der Waals surface area contributed by atoms with Gasteiger partial charge in [0.25, 0.3) is 0 Å². The van der Waals surface area contributed by atoms with Gasteiger partial charge in [0, 0.05) is 11.9 Å². The third kappa shape index (κ3) is 2.74. The molecule has 0 aliphatic carbocycles. The first-order valence-electron chi connectivity index (χ1n) is 5.87. The summed E-state index contributed by atoms with van der Waals surface area (Å²) in [6.45, 7) is 0.669. The van der Waals surface area contributed by atoms with E-state index in [1.165, 1.54) is 0 Å². The summed E-state index contributed by atoms with van der Waals surface area (Å²) in [6, 6.07) is 9.78. The van der Waals surface area contributed by atoms with Crippen LogP contribution in [0.4, 0.5) is 5.69 Å². The van der Waals surface area contributed by atoms with E-state index in [0.29, 0.717) is 6.54 Å². The summed E-state index contributed by atoms with van der Waals surface area (Å²) in [5, 5.41) is 11.4. The minimum Gasteiger partial charge on any atom is -0.379 e. The SMILES string of the molecule is c1cc(CNc2ccc(-n3nccn3)cc2)ncn1. The molecular formula is C13H12N6. The molecule has 0 fully saturated rings. The van der Waals surface area contributed by atoms with Gasteiger partial charge in [0.05, 0.1) is 30.3 Å². The Labute approximate surface area is 110 Å². The number of anilines is 1. The largest absolute Gasteiger partial charge is 0.379 e. The second-order valence-corrected chi connectivity index (χ2v) is 3.92. The summed E-state index contributed by atoms with van der Waals surface area (Å²) in [7, 11) is 0. The number of nitrogens with zero attached hydrogens (tertiary/aromatic N) is 5. The zero-order valence-electron chi connectivity index (χ0n) is 10.1. The van der Waals surface area contributed by atoms with Crippen LogP contribution in [0.2, 0.25) is 0 Å². The van der Waals surface area contributed by atoms with Gasteiger partial charge in [0.2, 0.25) is 0 Å². The normalized spacial score (nSPS) is 10.3. The molecule has 0 saturated carbocycles. The Bertz CT molecular complexity index is 618. The fourth-order valence-electron chi connectivity index (χ4n) is 1.68. The molecular weight excluding hydrogens is 240 g/mol. The van der Waals surface area contributed by atoms with E-state index in [1.54, 1.807) is 29.7 Å². The van der Waals surface area contributed by atoms with Crippen LogP contribution in [-0.2, 0) is 6.54 Å². The van der Waals surface area contributed by atoms with E-state index in [1.807, 2.05) is 30.3 Å². The highest BCUT2D eigenvalue weighted by molar-refractivity contribution is 5.48. The molecule has 1 aromatic carbocycles. The fraction of sp³-hybridized carbons (Fsp3) is 0.0769. The number of benzene rings is 1. The smallest absolute Gasteiger partial charge is 0.115 e. The lowest BCUT2D eigenvalue weighted by Crippen LogP contribution is -2.02. The standard InChI is InChI=1S/C13H12N6/c1-3-13(19-17-7-8-18-19)4-2-11(1)15-9-12-5-6-14-10-16-12/h1-8,10,15H,9H2. The van der Waals surface area contributed by atoms with Gasteiger partial charge in [-0.05, 0) is 30.3 Å². The third-order valence-electron chi connectivity index (χ3n) is 2.63. The summed E-state index contributed by atoms with van der Waals surface area (Å²) in [5.74, 6) is 0. The lowest BCUT2D eigenvalue weighted by molar-refractivity contribution is 0.752. The van der Waals surface area contributed by atoms with Gasteiger partial charge < -0.3 is 5.32 Å². The number of nitrogens with one attached hydrogen (secondary N) is 1. The Morgan fingerprint density at radius 2 is 1.74 bits per heavy atom. The molecule has 3 rings (SSSR count). The third-order valence-corrected chi connectivity index (χ3v) is 2.63. The maximum atomic E-state index is 4.15. The van der Waals surface area contributed by atoms with Crippen LogP contribution in [0.1, 0.15) is 5.69 Å². The molecule has 19 heavy (non-hydrogen) atoms. The molecule has 0 radical (unpaired) electrons. The molecule has 0 aliphatic heterocycles. The lowest BCUT2D eigenvalue weighted by Gasteiger charge is -2.06. The van der Waals surface area contributed by atoms with Gasteiger partial charge in [-0.25, -0.2) is 9.97 Å². The molecule has 6 nitrogen and oxygen atoms in total. The van der Waals surface area contributed by atoms with E-state index >= 15 is 0 Å². The summed E-state index contributed by atoms with van der Waals surface area (Å²) >= 11 is 0. The zero-order chi connectivity index (χ0) is 12.9. The van der Waals surface area contributed by atoms with E-state index in [0.717, 1.165) is 17.1 Å². The predicted molar refractivity (Wildman–Crippen MR) is 70.7 cm³/mol. The molecule has 0 aliphatic rings. The minimum absolute atomic E-state index is 0.669. The van der Waals surface area contributed by atoms with E-state index in [4.69, 9.17) is 0 Å². The molecule has 2 aromatic heterocycles. The summed E-state index contributed by atoms with van der Waals surface area (Å²) in [6.07, 6.45) is 6.59. The van der Waals surface area contributed by atoms with Crippen molar-refractivity contribution in [3.63, 3.8) is 0 Å². The van der Waals surface area contributed by atoms with Crippen molar-refractivity contribution in [3.8, 4) is 5.69 Å². The number of hydrogen-bond acceptors (Lipinski definition) is 5. The number of aromatic nitrogens is 5. The van der Waals surface area contributed by atoms with E-state index in [9.17, 15) is 0 Å². The molecule has 0 spiro atoms. The van der Waals surface area contributed by atoms with Crippen molar-refractivity contribution in [3.05, 3.63) is 60.9 Å². The highest BCUT2D eigenvalue weighted by Gasteiger charge is 1.98. The van der Waals surface area contributed by atoms with Crippen LogP contribution < -0.4 is 5.32 Å². The van der Waals surface area contributed by atoms with Gasteiger partial charge in [-0.3, -0.25) is 0 Å². The quantitative estimate of drug-likeness (QED) is 0.765. The molecule has 2 heterocycles. The van der Waals surface area contributed by atoms with E-state index in [-0.39, 0.29) is 0 Å². The van der Waals surface area contributed by atoms with Gasteiger partial charge in [-0.1, -0.05) is 0 Å². The molecule has 94 valence electrons. The number of rotatable bonds is 4. The molecule has 0 atom stereocenters. The Morgan fingerprint density at radius 3 is 2.42 bits per heavy atom. The van der Waals surface area contributed by atoms with Crippen LogP contribution in [0.25, 0.3) is 5.69 Å². The maximum Gasteiger partial charge on any atom is 0.115 e. The first-order valence-corrected chi connectivity index (χ1v) is 5.87. The van der Waals surface area contributed by atoms with E-state index in [2.05, 4.69) is 25.5 Å². The Kier molecular flexibility index (Phi) is 3.14. The van der Waals surface area contributed by atoms with Crippen LogP contribution in [0.5, 0.6) is 0 Å². The summed E-state index contributed by atoms with van der Waals surface area (Å²) < 4.78 is 0. The van der Waals surface area contributed by atoms with Crippen LogP contribution in [0, 0.1) is 0 Å². The summed E-state index contributed by atoms with van der Waals surface area (Å²) in [4.78, 5) is 9.62. The van der Waals surface area contributed by atoms with Crippen LogP contribution in [0.3, 0.4) is 0 Å². The van der Waals surface area contributed by atoms with Crippen molar-refractivity contribution in [1.82, 2.24) is 25.0 Å². The first kappa shape index (κ1) is 11.3. The number of hydrogen-bond donors (Lipinski definition) is 1. The molecule has 0 saturated heterocycles. The topological polar surface area (TPSA) is 68.5 Å². The molecule has 0 unspecified atom stereocenters. The Morgan fingerprint density at radius 1 is 0.947 bits per heavy atom. The fourth-order valence-corrected chi connectivity index (χ4v) is 1.68. The predicted octanol–water partition coefficient (Wildman–Crippen LogP) is 1.67. The van der Waals surface area contributed by atoms with Gasteiger partial charge in [0.1, 0.15) is 6.33 Å². The van der Waals surface area contributed by atoms with Crippen LogP contribution >= 0.6 is 0 Å². The lowest BCUT2D eigenvalue weighted by atomic mass is 10.3. The Balaban J connectivity index is 1.67. The van der Waals surface area contributed by atoms with Crippen LogP contribution in [0.15, 0.2) is 55.2 Å². The first-order chi connectivity index (χ1) is 9.42. The van der Waals surface area contributed by atoms with Crippen molar-refractivity contribution in [2.45, 2.75) is 6.54 Å². The van der Waals surface area contributed by atoms with Crippen molar-refractivity contribution in [1.29, 1.82) is 0 Å². The van der Waals surface area contributed by atoms with Crippen LogP contribution in [-0.4, -0.2) is 25.0 Å². The van der Waals surface area contributed by atoms with Crippen molar-refractivity contribution in [2.75, 3.05) is 5.32 Å². The molecule has 1 N–H and O–H groups in total. The van der Waals surface area contributed by atoms with Gasteiger partial charge in [-0.2, -0.15) is 15.0 Å². The maximum absolute atomic E-state index is 4.15. The van der Waals surface area contributed by atoms with Crippen molar-refractivity contribution in [2.24, 2.45) is 0 Å². The van der Waals surface area contributed by atoms with Crippen molar-refractivity contribution >= 4 is 5.69 Å². The van der Waals surface area contributed by atoms with Gasteiger partial charge in [0.15, 0.2) is 0 Å². The molecule has 3 aromatic rings. The van der Waals surface area contributed by atoms with Gasteiger partial charge in [-0.15, -0.1) is 0 Å². The average molecular weight is 252 g/mol. The monoisotopic (exact) mass is 252 g/mol. The second kappa shape index (κ2) is 5.26. The highest BCUT2D eigenvalue weighted by atomic mass is 15.5. The molecule has 0 bridgehead atoms. The summed E-state index contributed by atoms with van der Waals surface area (Å²) in [5.41, 5.74) is 2.90. The molecule has 6 heteroatoms. The average Bonchev–Trinajstić information content (AvgIpc) is 3.01. The highest BCUT2D eigenvalue weighted by Crippen LogP contribution is 2.12. The van der Waals surface area contributed by atoms with Crippen molar-refractivity contribution < 1.29 is 0 Å². The molecule has 0 amide bonds. The minimum atomic E-state index is 0.669. The van der Waals surface area contributed by atoms with E-state index < -0.39 is 0 Å². The zero-order valence-corrected chi connectivity index (χ0v) is 10.1. The Hall–Kier alpha value is -2.76.